The van der Waals surface area contributed by atoms with Crippen molar-refractivity contribution in [1.82, 2.24) is 14.6 Å². The Kier molecular flexibility index (Phi) is 2.34. The van der Waals surface area contributed by atoms with E-state index < -0.39 is 5.97 Å². The molecule has 0 saturated heterocycles. The van der Waals surface area contributed by atoms with Crippen molar-refractivity contribution in [2.75, 3.05) is 0 Å². The van der Waals surface area contributed by atoms with Crippen LogP contribution in [-0.2, 0) is 0 Å². The normalized spacial score (nSPS) is 10.9. The van der Waals surface area contributed by atoms with Crippen molar-refractivity contribution >= 4 is 28.6 Å². The molecule has 6 nitrogen and oxygen atoms in total. The Morgan fingerprint density at radius 1 is 1.44 bits per heavy atom. The second kappa shape index (κ2) is 3.88. The van der Waals surface area contributed by atoms with E-state index in [1.807, 2.05) is 0 Å². The summed E-state index contributed by atoms with van der Waals surface area (Å²) >= 11 is 1.17. The van der Waals surface area contributed by atoms with Crippen LogP contribution < -0.4 is 0 Å². The third-order valence-electron chi connectivity index (χ3n) is 2.49. The van der Waals surface area contributed by atoms with Crippen LogP contribution in [0.3, 0.4) is 0 Å². The maximum atomic E-state index is 11.1. The second-order valence-electron chi connectivity index (χ2n) is 3.67. The minimum absolute atomic E-state index is 0.0985. The summed E-state index contributed by atoms with van der Waals surface area (Å²) in [7, 11) is 0. The fourth-order valence-corrected chi connectivity index (χ4v) is 2.23. The molecule has 18 heavy (non-hydrogen) atoms. The summed E-state index contributed by atoms with van der Waals surface area (Å²) in [5.41, 5.74) is 1.59. The zero-order valence-electron chi connectivity index (χ0n) is 9.25. The highest BCUT2D eigenvalue weighted by Gasteiger charge is 2.18. The van der Waals surface area contributed by atoms with Crippen molar-refractivity contribution in [2.24, 2.45) is 0 Å². The smallest absolute Gasteiger partial charge is 0.339 e. The van der Waals surface area contributed by atoms with Gasteiger partial charge in [0, 0.05) is 0 Å². The van der Waals surface area contributed by atoms with Crippen LogP contribution in [0.4, 0.5) is 0 Å². The number of aryl methyl sites for hydroxylation is 1. The maximum Gasteiger partial charge on any atom is 0.339 e. The van der Waals surface area contributed by atoms with Crippen LogP contribution in [0.15, 0.2) is 22.6 Å². The Labute approximate surface area is 105 Å². The van der Waals surface area contributed by atoms with Crippen LogP contribution in [0.25, 0.3) is 21.9 Å². The van der Waals surface area contributed by atoms with Crippen molar-refractivity contribution in [2.45, 2.75) is 6.92 Å². The number of hydrogen-bond acceptors (Lipinski definition) is 6. The molecule has 2 heterocycles. The first-order valence-corrected chi connectivity index (χ1v) is 5.86. The number of aromatic carboxylic acids is 1. The lowest BCUT2D eigenvalue weighted by atomic mass is 10.2. The van der Waals surface area contributed by atoms with E-state index in [0.717, 1.165) is 0 Å². The van der Waals surface area contributed by atoms with Crippen molar-refractivity contribution in [3.63, 3.8) is 0 Å². The fourth-order valence-electron chi connectivity index (χ4n) is 1.64. The van der Waals surface area contributed by atoms with Crippen LogP contribution >= 0.6 is 11.5 Å². The van der Waals surface area contributed by atoms with Crippen molar-refractivity contribution < 1.29 is 14.3 Å². The molecule has 0 spiro atoms. The lowest BCUT2D eigenvalue weighted by molar-refractivity contribution is 0.0698. The highest BCUT2D eigenvalue weighted by atomic mass is 32.1. The SMILES string of the molecule is Cc1nnsc1-c1nc2cccc(C(=O)O)c2o1. The monoisotopic (exact) mass is 261 g/mol. The van der Waals surface area contributed by atoms with Crippen LogP contribution in [0.1, 0.15) is 16.1 Å². The van der Waals surface area contributed by atoms with Crippen molar-refractivity contribution in [3.8, 4) is 10.8 Å². The van der Waals surface area contributed by atoms with E-state index in [4.69, 9.17) is 9.52 Å². The number of fused-ring (bicyclic) bond motifs is 1. The number of para-hydroxylation sites is 1. The van der Waals surface area contributed by atoms with Gasteiger partial charge < -0.3 is 9.52 Å². The van der Waals surface area contributed by atoms with Gasteiger partial charge in [0.15, 0.2) is 5.58 Å². The highest BCUT2D eigenvalue weighted by molar-refractivity contribution is 7.09. The van der Waals surface area contributed by atoms with Gasteiger partial charge in [0.25, 0.3) is 0 Å². The minimum Gasteiger partial charge on any atom is -0.478 e. The zero-order valence-corrected chi connectivity index (χ0v) is 10.1. The number of hydrogen-bond donors (Lipinski definition) is 1. The van der Waals surface area contributed by atoms with Gasteiger partial charge in [-0.3, -0.25) is 0 Å². The molecule has 0 aliphatic heterocycles. The Hall–Kier alpha value is -2.28. The predicted octanol–water partition coefficient (Wildman–Crippen LogP) is 2.35. The molecule has 0 bridgehead atoms. The van der Waals surface area contributed by atoms with Gasteiger partial charge in [-0.05, 0) is 30.6 Å². The Morgan fingerprint density at radius 3 is 2.94 bits per heavy atom. The van der Waals surface area contributed by atoms with Gasteiger partial charge in [-0.25, -0.2) is 9.78 Å². The van der Waals surface area contributed by atoms with E-state index in [2.05, 4.69) is 14.6 Å². The number of aromatic nitrogens is 3. The molecule has 0 amide bonds. The highest BCUT2D eigenvalue weighted by Crippen LogP contribution is 2.29. The number of carboxylic acids is 1. The molecule has 3 aromatic rings. The topological polar surface area (TPSA) is 89.1 Å². The van der Waals surface area contributed by atoms with Gasteiger partial charge in [-0.2, -0.15) is 0 Å². The summed E-state index contributed by atoms with van der Waals surface area (Å²) in [6.07, 6.45) is 0. The summed E-state index contributed by atoms with van der Waals surface area (Å²) in [4.78, 5) is 16.0. The van der Waals surface area contributed by atoms with Crippen molar-refractivity contribution in [1.29, 1.82) is 0 Å². The number of nitrogens with zero attached hydrogens (tertiary/aromatic N) is 3. The van der Waals surface area contributed by atoms with Gasteiger partial charge in [0.2, 0.25) is 5.89 Å². The summed E-state index contributed by atoms with van der Waals surface area (Å²) in [6.45, 7) is 1.80. The number of rotatable bonds is 2. The molecule has 0 radical (unpaired) electrons. The molecule has 0 fully saturated rings. The van der Waals surface area contributed by atoms with Gasteiger partial charge in [-0.1, -0.05) is 10.6 Å². The molecule has 0 atom stereocenters. The molecule has 2 aromatic heterocycles. The minimum atomic E-state index is -1.04. The van der Waals surface area contributed by atoms with E-state index in [-0.39, 0.29) is 11.1 Å². The first-order chi connectivity index (χ1) is 8.66. The number of oxazole rings is 1. The molecule has 7 heteroatoms. The van der Waals surface area contributed by atoms with E-state index in [1.54, 1.807) is 19.1 Å². The summed E-state index contributed by atoms with van der Waals surface area (Å²) in [6, 6.07) is 4.83. The largest absolute Gasteiger partial charge is 0.478 e. The quantitative estimate of drug-likeness (QED) is 0.761. The third-order valence-corrected chi connectivity index (χ3v) is 3.31. The molecule has 3 rings (SSSR count). The van der Waals surface area contributed by atoms with E-state index >= 15 is 0 Å². The Balaban J connectivity index is 2.26. The van der Waals surface area contributed by atoms with E-state index in [9.17, 15) is 4.79 Å². The molecule has 0 aliphatic carbocycles. The fraction of sp³-hybridized carbons (Fsp3) is 0.0909. The second-order valence-corrected chi connectivity index (χ2v) is 4.42. The first kappa shape index (κ1) is 10.8. The molecular weight excluding hydrogens is 254 g/mol. The van der Waals surface area contributed by atoms with Crippen LogP contribution in [0, 0.1) is 6.92 Å². The number of carbonyl (C=O) groups is 1. The van der Waals surface area contributed by atoms with Crippen LogP contribution in [0.5, 0.6) is 0 Å². The lowest BCUT2D eigenvalue weighted by Gasteiger charge is -1.92. The number of carboxylic acid groups (broad SMARTS) is 1. The Bertz CT molecular complexity index is 747. The average molecular weight is 261 g/mol. The molecule has 1 aromatic carbocycles. The third kappa shape index (κ3) is 1.56. The summed E-state index contributed by atoms with van der Waals surface area (Å²) in [5, 5.41) is 12.9. The molecule has 0 saturated carbocycles. The predicted molar refractivity (Wildman–Crippen MR) is 64.6 cm³/mol. The van der Waals surface area contributed by atoms with Gasteiger partial charge in [-0.15, -0.1) is 5.10 Å². The maximum absolute atomic E-state index is 11.1. The molecular formula is C11H7N3O3S. The van der Waals surface area contributed by atoms with Crippen LogP contribution in [-0.4, -0.2) is 25.6 Å². The van der Waals surface area contributed by atoms with Gasteiger partial charge in [0.05, 0.1) is 5.69 Å². The van der Waals surface area contributed by atoms with E-state index in [1.165, 1.54) is 17.6 Å². The summed E-state index contributed by atoms with van der Waals surface area (Å²) in [5.74, 6) is -0.686. The zero-order chi connectivity index (χ0) is 12.7. The lowest BCUT2D eigenvalue weighted by Crippen LogP contribution is -1.95. The van der Waals surface area contributed by atoms with Crippen molar-refractivity contribution in [3.05, 3.63) is 29.5 Å². The van der Waals surface area contributed by atoms with Gasteiger partial charge >= 0.3 is 5.97 Å². The summed E-state index contributed by atoms with van der Waals surface area (Å²) < 4.78 is 9.33. The Morgan fingerprint density at radius 2 is 2.28 bits per heavy atom. The molecule has 0 unspecified atom stereocenters. The van der Waals surface area contributed by atoms with E-state index in [0.29, 0.717) is 22.0 Å². The van der Waals surface area contributed by atoms with Gasteiger partial charge in [0.1, 0.15) is 16.0 Å². The van der Waals surface area contributed by atoms with Crippen LogP contribution in [0.2, 0.25) is 0 Å². The standard InChI is InChI=1S/C11H7N3O3S/c1-5-9(18-14-13-5)10-12-7-4-2-3-6(11(15)16)8(7)17-10/h2-4H,1H3,(H,15,16). The molecule has 0 aliphatic rings. The first-order valence-electron chi connectivity index (χ1n) is 5.09. The number of benzene rings is 1. The molecule has 90 valence electrons. The molecule has 1 N–H and O–H groups in total. The average Bonchev–Trinajstić information content (AvgIpc) is 2.92.